The first-order valence-corrected chi connectivity index (χ1v) is 7.30. The molecule has 1 heterocycles. The summed E-state index contributed by atoms with van der Waals surface area (Å²) in [6.07, 6.45) is 2.79. The number of piperazine rings is 1. The topological polar surface area (TPSA) is 75.6 Å². The van der Waals surface area contributed by atoms with Gasteiger partial charge in [-0.05, 0) is 30.9 Å². The fourth-order valence-corrected chi connectivity index (χ4v) is 2.88. The number of carbonyl (C=O) groups excluding carboxylic acids is 1. The van der Waals surface area contributed by atoms with Crippen molar-refractivity contribution in [3.05, 3.63) is 23.8 Å². The van der Waals surface area contributed by atoms with Crippen molar-refractivity contribution in [3.63, 3.8) is 0 Å². The zero-order valence-corrected chi connectivity index (χ0v) is 11.7. The van der Waals surface area contributed by atoms with Crippen molar-refractivity contribution in [3.8, 4) is 0 Å². The molecule has 4 N–H and O–H groups in total. The van der Waals surface area contributed by atoms with Gasteiger partial charge >= 0.3 is 0 Å². The van der Waals surface area contributed by atoms with E-state index >= 15 is 0 Å². The molecule has 1 aromatic carbocycles. The first kappa shape index (κ1) is 13.2. The molecule has 0 spiro atoms. The average Bonchev–Trinajstić information content (AvgIpc) is 3.24. The Labute approximate surface area is 119 Å². The van der Waals surface area contributed by atoms with Crippen molar-refractivity contribution >= 4 is 17.3 Å². The van der Waals surface area contributed by atoms with E-state index in [1.165, 1.54) is 19.4 Å². The Kier molecular flexibility index (Phi) is 3.53. The molecule has 2 fully saturated rings. The van der Waals surface area contributed by atoms with E-state index in [0.29, 0.717) is 11.3 Å². The fourth-order valence-electron chi connectivity index (χ4n) is 2.88. The number of rotatable bonds is 4. The zero-order chi connectivity index (χ0) is 14.1. The second-order valence-electron chi connectivity index (χ2n) is 5.83. The summed E-state index contributed by atoms with van der Waals surface area (Å²) in [5.41, 5.74) is 13.3. The summed E-state index contributed by atoms with van der Waals surface area (Å²) in [5, 5.41) is 0. The normalized spacial score (nSPS) is 20.1. The van der Waals surface area contributed by atoms with E-state index in [0.717, 1.165) is 37.8 Å². The Morgan fingerprint density at radius 2 is 1.90 bits per heavy atom. The minimum atomic E-state index is -0.461. The second-order valence-corrected chi connectivity index (χ2v) is 5.83. The molecule has 1 saturated carbocycles. The molecule has 1 aliphatic carbocycles. The number of primary amides is 1. The molecule has 0 bridgehead atoms. The highest BCUT2D eigenvalue weighted by atomic mass is 16.1. The van der Waals surface area contributed by atoms with Gasteiger partial charge < -0.3 is 16.4 Å². The van der Waals surface area contributed by atoms with Crippen LogP contribution in [0, 0.1) is 5.92 Å². The predicted molar refractivity (Wildman–Crippen MR) is 80.7 cm³/mol. The summed E-state index contributed by atoms with van der Waals surface area (Å²) in [5.74, 6) is 0.474. The summed E-state index contributed by atoms with van der Waals surface area (Å²) in [7, 11) is 0. The van der Waals surface area contributed by atoms with Gasteiger partial charge in [0, 0.05) is 32.7 Å². The van der Waals surface area contributed by atoms with Crippen LogP contribution in [-0.4, -0.2) is 43.5 Å². The molecule has 2 aliphatic rings. The van der Waals surface area contributed by atoms with Gasteiger partial charge in [-0.2, -0.15) is 0 Å². The van der Waals surface area contributed by atoms with Crippen LogP contribution >= 0.6 is 0 Å². The van der Waals surface area contributed by atoms with Crippen molar-refractivity contribution in [1.82, 2.24) is 4.90 Å². The number of nitrogens with two attached hydrogens (primary N) is 2. The first-order valence-electron chi connectivity index (χ1n) is 7.30. The molecule has 3 rings (SSSR count). The predicted octanol–water partition coefficient (Wildman–Crippen LogP) is 0.900. The van der Waals surface area contributed by atoms with Gasteiger partial charge in [0.1, 0.15) is 0 Å². The van der Waals surface area contributed by atoms with Gasteiger partial charge in [0.15, 0.2) is 0 Å². The molecule has 108 valence electrons. The van der Waals surface area contributed by atoms with Gasteiger partial charge in [-0.3, -0.25) is 9.69 Å². The summed E-state index contributed by atoms with van der Waals surface area (Å²) < 4.78 is 0. The van der Waals surface area contributed by atoms with Crippen LogP contribution in [0.4, 0.5) is 11.4 Å². The van der Waals surface area contributed by atoms with Crippen LogP contribution in [0.2, 0.25) is 0 Å². The number of hydrogen-bond donors (Lipinski definition) is 2. The molecule has 0 unspecified atom stereocenters. The lowest BCUT2D eigenvalue weighted by molar-refractivity contribution is 0.100. The third-order valence-electron chi connectivity index (χ3n) is 4.27. The van der Waals surface area contributed by atoms with Gasteiger partial charge in [0.2, 0.25) is 0 Å². The number of carbonyl (C=O) groups is 1. The third-order valence-corrected chi connectivity index (χ3v) is 4.27. The highest BCUT2D eigenvalue weighted by molar-refractivity contribution is 6.00. The van der Waals surface area contributed by atoms with Crippen LogP contribution in [0.25, 0.3) is 0 Å². The zero-order valence-electron chi connectivity index (χ0n) is 11.7. The lowest BCUT2D eigenvalue weighted by Crippen LogP contribution is -2.47. The molecule has 5 nitrogen and oxygen atoms in total. The molecular weight excluding hydrogens is 252 g/mol. The number of nitrogen functional groups attached to an aromatic ring is 1. The average molecular weight is 274 g/mol. The number of amides is 1. The number of hydrogen-bond acceptors (Lipinski definition) is 4. The van der Waals surface area contributed by atoms with Crippen LogP contribution in [0.1, 0.15) is 23.2 Å². The first-order chi connectivity index (χ1) is 9.65. The summed E-state index contributed by atoms with van der Waals surface area (Å²) in [4.78, 5) is 16.1. The fraction of sp³-hybridized carbons (Fsp3) is 0.533. The Balaban J connectivity index is 1.68. The summed E-state index contributed by atoms with van der Waals surface area (Å²) >= 11 is 0. The maximum absolute atomic E-state index is 11.4. The van der Waals surface area contributed by atoms with E-state index < -0.39 is 5.91 Å². The molecule has 5 heteroatoms. The Morgan fingerprint density at radius 1 is 1.20 bits per heavy atom. The number of nitrogens with zero attached hydrogens (tertiary/aromatic N) is 2. The van der Waals surface area contributed by atoms with Gasteiger partial charge in [0.25, 0.3) is 5.91 Å². The van der Waals surface area contributed by atoms with Crippen LogP contribution in [0.5, 0.6) is 0 Å². The number of anilines is 2. The minimum absolute atomic E-state index is 0.419. The Morgan fingerprint density at radius 3 is 2.50 bits per heavy atom. The van der Waals surface area contributed by atoms with Crippen molar-refractivity contribution in [2.75, 3.05) is 43.4 Å². The maximum atomic E-state index is 11.4. The van der Waals surface area contributed by atoms with Crippen LogP contribution < -0.4 is 16.4 Å². The molecule has 0 atom stereocenters. The quantitative estimate of drug-likeness (QED) is 0.800. The van der Waals surface area contributed by atoms with E-state index in [2.05, 4.69) is 9.80 Å². The van der Waals surface area contributed by atoms with E-state index in [1.54, 1.807) is 6.07 Å². The standard InChI is InChI=1S/C15H22N4O/c16-14-12(15(17)20)2-1-3-13(14)19-8-6-18(7-9-19)10-11-4-5-11/h1-3,11H,4-10,16H2,(H2,17,20). The van der Waals surface area contributed by atoms with Crippen LogP contribution in [0.15, 0.2) is 18.2 Å². The van der Waals surface area contributed by atoms with Crippen LogP contribution in [0.3, 0.4) is 0 Å². The molecule has 1 amide bonds. The second kappa shape index (κ2) is 5.32. The third kappa shape index (κ3) is 2.72. The number of benzene rings is 1. The highest BCUT2D eigenvalue weighted by Gasteiger charge is 2.27. The van der Waals surface area contributed by atoms with E-state index in [9.17, 15) is 4.79 Å². The van der Waals surface area contributed by atoms with Gasteiger partial charge in [-0.25, -0.2) is 0 Å². The van der Waals surface area contributed by atoms with E-state index in [1.807, 2.05) is 12.1 Å². The van der Waals surface area contributed by atoms with Crippen molar-refractivity contribution in [2.45, 2.75) is 12.8 Å². The van der Waals surface area contributed by atoms with Crippen molar-refractivity contribution in [2.24, 2.45) is 11.7 Å². The van der Waals surface area contributed by atoms with Gasteiger partial charge in [0.05, 0.1) is 16.9 Å². The molecule has 0 radical (unpaired) electrons. The largest absolute Gasteiger partial charge is 0.396 e. The Hall–Kier alpha value is -1.75. The molecular formula is C15H22N4O. The van der Waals surface area contributed by atoms with E-state index in [-0.39, 0.29) is 0 Å². The monoisotopic (exact) mass is 274 g/mol. The highest BCUT2D eigenvalue weighted by Crippen LogP contribution is 2.31. The van der Waals surface area contributed by atoms with Gasteiger partial charge in [-0.15, -0.1) is 0 Å². The Bertz CT molecular complexity index is 505. The van der Waals surface area contributed by atoms with E-state index in [4.69, 9.17) is 11.5 Å². The minimum Gasteiger partial charge on any atom is -0.396 e. The summed E-state index contributed by atoms with van der Waals surface area (Å²) in [6, 6.07) is 5.51. The summed E-state index contributed by atoms with van der Waals surface area (Å²) in [6.45, 7) is 5.29. The lowest BCUT2D eigenvalue weighted by Gasteiger charge is -2.36. The smallest absolute Gasteiger partial charge is 0.250 e. The molecule has 0 aromatic heterocycles. The maximum Gasteiger partial charge on any atom is 0.250 e. The van der Waals surface area contributed by atoms with Crippen LogP contribution in [-0.2, 0) is 0 Å². The molecule has 1 aromatic rings. The lowest BCUT2D eigenvalue weighted by atomic mass is 10.1. The molecule has 1 saturated heterocycles. The van der Waals surface area contributed by atoms with Crippen molar-refractivity contribution in [1.29, 1.82) is 0 Å². The molecule has 20 heavy (non-hydrogen) atoms. The number of para-hydroxylation sites is 1. The molecule has 1 aliphatic heterocycles. The van der Waals surface area contributed by atoms with Gasteiger partial charge in [-0.1, -0.05) is 6.07 Å². The van der Waals surface area contributed by atoms with Crippen molar-refractivity contribution < 1.29 is 4.79 Å². The SMILES string of the molecule is NC(=O)c1cccc(N2CCN(CC3CC3)CC2)c1N.